The Kier molecular flexibility index (Phi) is 7.42. The van der Waals surface area contributed by atoms with Crippen LogP contribution in [0.15, 0.2) is 30.3 Å². The van der Waals surface area contributed by atoms with Crippen molar-refractivity contribution < 1.29 is 9.59 Å². The molecule has 0 saturated carbocycles. The summed E-state index contributed by atoms with van der Waals surface area (Å²) < 4.78 is 0. The van der Waals surface area contributed by atoms with Crippen LogP contribution in [-0.4, -0.2) is 54.3 Å². The van der Waals surface area contributed by atoms with Gasteiger partial charge in [0.15, 0.2) is 0 Å². The van der Waals surface area contributed by atoms with Crippen LogP contribution in [0.4, 0.5) is 0 Å². The lowest BCUT2D eigenvalue weighted by Crippen LogP contribution is -2.49. The molecular formula is C19H26N4O2. The van der Waals surface area contributed by atoms with E-state index in [1.807, 2.05) is 42.2 Å². The largest absolute Gasteiger partial charge is 0.356 e. The van der Waals surface area contributed by atoms with E-state index in [2.05, 4.69) is 16.3 Å². The topological polar surface area (TPSA) is 76.4 Å². The van der Waals surface area contributed by atoms with Gasteiger partial charge in [-0.25, -0.2) is 0 Å². The van der Waals surface area contributed by atoms with Crippen LogP contribution >= 0.6 is 0 Å². The van der Waals surface area contributed by atoms with Crippen LogP contribution < -0.4 is 5.32 Å². The fraction of sp³-hybridized carbons (Fsp3) is 0.526. The second kappa shape index (κ2) is 9.80. The maximum atomic E-state index is 12.3. The average Bonchev–Trinajstić information content (AvgIpc) is 2.64. The maximum absolute atomic E-state index is 12.3. The van der Waals surface area contributed by atoms with Gasteiger partial charge in [-0.2, -0.15) is 5.26 Å². The molecule has 0 radical (unpaired) electrons. The molecule has 0 spiro atoms. The number of amides is 2. The Morgan fingerprint density at radius 1 is 1.16 bits per heavy atom. The van der Waals surface area contributed by atoms with Gasteiger partial charge in [-0.05, 0) is 18.9 Å². The number of hydrogen-bond acceptors (Lipinski definition) is 4. The monoisotopic (exact) mass is 342 g/mol. The highest BCUT2D eigenvalue weighted by Gasteiger charge is 2.26. The van der Waals surface area contributed by atoms with E-state index in [1.165, 1.54) is 0 Å². The van der Waals surface area contributed by atoms with E-state index < -0.39 is 0 Å². The van der Waals surface area contributed by atoms with Crippen molar-refractivity contribution in [2.45, 2.75) is 32.2 Å². The summed E-state index contributed by atoms with van der Waals surface area (Å²) in [6, 6.07) is 11.8. The lowest BCUT2D eigenvalue weighted by atomic mass is 10.1. The predicted octanol–water partition coefficient (Wildman–Crippen LogP) is 1.70. The molecule has 1 heterocycles. The van der Waals surface area contributed by atoms with Crippen molar-refractivity contribution in [2.75, 3.05) is 32.7 Å². The average molecular weight is 342 g/mol. The van der Waals surface area contributed by atoms with Crippen LogP contribution in [0.2, 0.25) is 0 Å². The van der Waals surface area contributed by atoms with Gasteiger partial charge in [0.25, 0.3) is 0 Å². The Morgan fingerprint density at radius 3 is 2.44 bits per heavy atom. The first kappa shape index (κ1) is 18.9. The fourth-order valence-electron chi connectivity index (χ4n) is 3.08. The third-order valence-electron chi connectivity index (χ3n) is 4.44. The van der Waals surface area contributed by atoms with E-state index in [1.54, 1.807) is 0 Å². The molecular weight excluding hydrogens is 316 g/mol. The van der Waals surface area contributed by atoms with Crippen LogP contribution in [0.1, 0.15) is 37.8 Å². The van der Waals surface area contributed by atoms with Gasteiger partial charge in [-0.1, -0.05) is 30.3 Å². The minimum atomic E-state index is -0.267. The lowest BCUT2D eigenvalue weighted by Gasteiger charge is -2.37. The molecule has 1 fully saturated rings. The highest BCUT2D eigenvalue weighted by Crippen LogP contribution is 2.21. The molecule has 1 atom stereocenters. The number of hydrogen-bond donors (Lipinski definition) is 1. The molecule has 25 heavy (non-hydrogen) atoms. The van der Waals surface area contributed by atoms with E-state index in [4.69, 9.17) is 0 Å². The molecule has 6 nitrogen and oxygen atoms in total. The van der Waals surface area contributed by atoms with Crippen LogP contribution in [-0.2, 0) is 9.59 Å². The Hall–Kier alpha value is -2.39. The van der Waals surface area contributed by atoms with Crippen molar-refractivity contribution in [3.05, 3.63) is 35.9 Å². The highest BCUT2D eigenvalue weighted by atomic mass is 16.2. The molecule has 0 bridgehead atoms. The van der Waals surface area contributed by atoms with Gasteiger partial charge in [-0.3, -0.25) is 14.5 Å². The van der Waals surface area contributed by atoms with Crippen molar-refractivity contribution in [1.29, 1.82) is 5.26 Å². The molecule has 1 saturated heterocycles. The number of benzene rings is 1. The van der Waals surface area contributed by atoms with Gasteiger partial charge >= 0.3 is 0 Å². The Bertz CT molecular complexity index is 604. The quantitative estimate of drug-likeness (QED) is 0.818. The first-order chi connectivity index (χ1) is 12.2. The van der Waals surface area contributed by atoms with Crippen LogP contribution in [0.25, 0.3) is 0 Å². The molecule has 0 unspecified atom stereocenters. The van der Waals surface area contributed by atoms with Crippen molar-refractivity contribution in [3.63, 3.8) is 0 Å². The van der Waals surface area contributed by atoms with Crippen molar-refractivity contribution >= 4 is 11.8 Å². The zero-order chi connectivity index (χ0) is 18.1. The number of piperazine rings is 1. The van der Waals surface area contributed by atoms with Crippen LogP contribution in [0.3, 0.4) is 0 Å². The number of rotatable bonds is 7. The third-order valence-corrected chi connectivity index (χ3v) is 4.44. The van der Waals surface area contributed by atoms with Crippen molar-refractivity contribution in [1.82, 2.24) is 15.1 Å². The summed E-state index contributed by atoms with van der Waals surface area (Å²) in [4.78, 5) is 27.6. The standard InChI is InChI=1S/C19H26N4O2/c1-2-21-18(24)9-6-10-19(25)23-13-11-22(12-14-23)17(15-20)16-7-4-3-5-8-16/h3-5,7-8,17H,2,6,9-14H2,1H3,(H,21,24)/t17-/m0/s1. The SMILES string of the molecule is CCNC(=O)CCCC(=O)N1CCN([C@@H](C#N)c2ccccc2)CC1. The summed E-state index contributed by atoms with van der Waals surface area (Å²) in [6.07, 6.45) is 1.37. The second-order valence-electron chi connectivity index (χ2n) is 6.17. The minimum absolute atomic E-state index is 0.000146. The van der Waals surface area contributed by atoms with E-state index in [0.717, 1.165) is 5.56 Å². The second-order valence-corrected chi connectivity index (χ2v) is 6.17. The summed E-state index contributed by atoms with van der Waals surface area (Å²) in [7, 11) is 0. The molecule has 1 N–H and O–H groups in total. The normalized spacial score (nSPS) is 16.1. The molecule has 1 aliphatic rings. The number of nitrogens with one attached hydrogen (secondary N) is 1. The fourth-order valence-corrected chi connectivity index (χ4v) is 3.08. The van der Waals surface area contributed by atoms with Gasteiger partial charge in [0, 0.05) is 45.6 Å². The first-order valence-electron chi connectivity index (χ1n) is 8.88. The van der Waals surface area contributed by atoms with Crippen molar-refractivity contribution in [3.8, 4) is 6.07 Å². The molecule has 134 valence electrons. The molecule has 1 aromatic rings. The first-order valence-corrected chi connectivity index (χ1v) is 8.88. The van der Waals surface area contributed by atoms with Crippen molar-refractivity contribution in [2.24, 2.45) is 0 Å². The van der Waals surface area contributed by atoms with Gasteiger partial charge in [0.2, 0.25) is 11.8 Å². The maximum Gasteiger partial charge on any atom is 0.222 e. The summed E-state index contributed by atoms with van der Waals surface area (Å²) in [5, 5.41) is 12.2. The van der Waals surface area contributed by atoms with Gasteiger partial charge in [0.05, 0.1) is 6.07 Å². The van der Waals surface area contributed by atoms with Gasteiger partial charge < -0.3 is 10.2 Å². The van der Waals surface area contributed by atoms with E-state index in [-0.39, 0.29) is 17.9 Å². The highest BCUT2D eigenvalue weighted by molar-refractivity contribution is 5.79. The molecule has 6 heteroatoms. The molecule has 0 aliphatic carbocycles. The molecule has 2 rings (SSSR count). The number of carbonyl (C=O) groups is 2. The van der Waals surface area contributed by atoms with Crippen LogP contribution in [0, 0.1) is 11.3 Å². The summed E-state index contributed by atoms with van der Waals surface area (Å²) in [5.41, 5.74) is 0.992. The number of nitrogens with zero attached hydrogens (tertiary/aromatic N) is 3. The number of nitriles is 1. The summed E-state index contributed by atoms with van der Waals surface area (Å²) >= 11 is 0. The predicted molar refractivity (Wildman–Crippen MR) is 95.5 cm³/mol. The minimum Gasteiger partial charge on any atom is -0.356 e. The summed E-state index contributed by atoms with van der Waals surface area (Å²) in [5.74, 6) is 0.0945. The summed E-state index contributed by atoms with van der Waals surface area (Å²) in [6.45, 7) is 5.14. The zero-order valence-electron chi connectivity index (χ0n) is 14.8. The molecule has 1 aromatic carbocycles. The van der Waals surface area contributed by atoms with E-state index >= 15 is 0 Å². The van der Waals surface area contributed by atoms with Gasteiger partial charge in [0.1, 0.15) is 6.04 Å². The molecule has 1 aliphatic heterocycles. The molecule has 2 amide bonds. The van der Waals surface area contributed by atoms with E-state index in [0.29, 0.717) is 52.0 Å². The third kappa shape index (κ3) is 5.57. The molecule has 0 aromatic heterocycles. The Morgan fingerprint density at radius 2 is 1.84 bits per heavy atom. The Labute approximate surface area is 149 Å². The smallest absolute Gasteiger partial charge is 0.222 e. The number of carbonyl (C=O) groups excluding carboxylic acids is 2. The van der Waals surface area contributed by atoms with E-state index in [9.17, 15) is 14.9 Å². The van der Waals surface area contributed by atoms with Gasteiger partial charge in [-0.15, -0.1) is 0 Å². The lowest BCUT2D eigenvalue weighted by molar-refractivity contribution is -0.133. The zero-order valence-corrected chi connectivity index (χ0v) is 14.8. The van der Waals surface area contributed by atoms with Crippen LogP contribution in [0.5, 0.6) is 0 Å². The Balaban J connectivity index is 1.78.